The van der Waals surface area contributed by atoms with Crippen LogP contribution in [0.2, 0.25) is 0 Å². The maximum Gasteiger partial charge on any atom is 0.339 e. The second kappa shape index (κ2) is 4.92. The number of carbonyl (C=O) groups is 1. The Kier molecular flexibility index (Phi) is 3.47. The van der Waals surface area contributed by atoms with Gasteiger partial charge in [-0.15, -0.1) is 0 Å². The van der Waals surface area contributed by atoms with Crippen LogP contribution in [-0.2, 0) is 4.74 Å². The molecule has 0 amide bonds. The minimum absolute atomic E-state index is 0.286. The van der Waals surface area contributed by atoms with Crippen LogP contribution < -0.4 is 0 Å². The molecule has 19 heavy (non-hydrogen) atoms. The standard InChI is InChI=1S/C16H19NO2/c1-10-7-6-8-11(2)15(10)17-12(3)9-14(13(17)4)16(18)19-5/h6-9H,1-5H3. The number of rotatable bonds is 2. The second-order valence-corrected chi connectivity index (χ2v) is 4.85. The van der Waals surface area contributed by atoms with Gasteiger partial charge < -0.3 is 9.30 Å². The Hall–Kier alpha value is -2.03. The highest BCUT2D eigenvalue weighted by Gasteiger charge is 2.18. The number of aromatic nitrogens is 1. The molecule has 1 aromatic carbocycles. The van der Waals surface area contributed by atoms with Crippen LogP contribution in [0.3, 0.4) is 0 Å². The van der Waals surface area contributed by atoms with Crippen LogP contribution in [0.15, 0.2) is 24.3 Å². The number of para-hydroxylation sites is 1. The molecule has 100 valence electrons. The number of carbonyl (C=O) groups excluding carboxylic acids is 1. The Morgan fingerprint density at radius 3 is 2.21 bits per heavy atom. The van der Waals surface area contributed by atoms with E-state index < -0.39 is 0 Å². The predicted molar refractivity (Wildman–Crippen MR) is 76.1 cm³/mol. The molecule has 0 aliphatic rings. The molecule has 0 saturated heterocycles. The molecule has 0 spiro atoms. The van der Waals surface area contributed by atoms with E-state index in [1.54, 1.807) is 0 Å². The average molecular weight is 257 g/mol. The van der Waals surface area contributed by atoms with E-state index in [9.17, 15) is 4.79 Å². The lowest BCUT2D eigenvalue weighted by Crippen LogP contribution is -2.07. The summed E-state index contributed by atoms with van der Waals surface area (Å²) < 4.78 is 6.95. The smallest absolute Gasteiger partial charge is 0.339 e. The third-order valence-electron chi connectivity index (χ3n) is 3.50. The molecule has 2 rings (SSSR count). The molecular weight excluding hydrogens is 238 g/mol. The molecule has 0 aliphatic carbocycles. The summed E-state index contributed by atoms with van der Waals surface area (Å²) in [5, 5.41) is 0. The van der Waals surface area contributed by atoms with Crippen molar-refractivity contribution in [1.82, 2.24) is 4.57 Å². The largest absolute Gasteiger partial charge is 0.465 e. The van der Waals surface area contributed by atoms with Crippen molar-refractivity contribution in [3.05, 3.63) is 52.3 Å². The molecule has 0 fully saturated rings. The molecule has 3 heteroatoms. The van der Waals surface area contributed by atoms with Crippen LogP contribution in [0.5, 0.6) is 0 Å². The van der Waals surface area contributed by atoms with E-state index in [4.69, 9.17) is 4.74 Å². The van der Waals surface area contributed by atoms with Crippen LogP contribution >= 0.6 is 0 Å². The predicted octanol–water partition coefficient (Wildman–Crippen LogP) is 3.50. The van der Waals surface area contributed by atoms with Crippen LogP contribution in [0.25, 0.3) is 5.69 Å². The topological polar surface area (TPSA) is 31.2 Å². The van der Waals surface area contributed by atoms with Gasteiger partial charge in [-0.3, -0.25) is 0 Å². The molecule has 2 aromatic rings. The average Bonchev–Trinajstić information content (AvgIpc) is 2.65. The maximum absolute atomic E-state index is 11.8. The van der Waals surface area contributed by atoms with Crippen LogP contribution in [0.4, 0.5) is 0 Å². The second-order valence-electron chi connectivity index (χ2n) is 4.85. The Morgan fingerprint density at radius 1 is 1.11 bits per heavy atom. The highest BCUT2D eigenvalue weighted by molar-refractivity contribution is 5.91. The first-order chi connectivity index (χ1) is 8.97. The molecule has 0 bridgehead atoms. The van der Waals surface area contributed by atoms with Crippen molar-refractivity contribution in [1.29, 1.82) is 0 Å². The SMILES string of the molecule is COC(=O)c1cc(C)n(-c2c(C)cccc2C)c1C. The van der Waals surface area contributed by atoms with Crippen molar-refractivity contribution in [2.75, 3.05) is 7.11 Å². The lowest BCUT2D eigenvalue weighted by atomic mass is 10.1. The summed E-state index contributed by atoms with van der Waals surface area (Å²) in [6, 6.07) is 8.09. The maximum atomic E-state index is 11.8. The highest BCUT2D eigenvalue weighted by atomic mass is 16.5. The zero-order chi connectivity index (χ0) is 14.2. The normalized spacial score (nSPS) is 10.6. The third kappa shape index (κ3) is 2.16. The first-order valence-electron chi connectivity index (χ1n) is 6.31. The van der Waals surface area contributed by atoms with Crippen molar-refractivity contribution in [2.45, 2.75) is 27.7 Å². The molecule has 0 radical (unpaired) electrons. The van der Waals surface area contributed by atoms with Gasteiger partial charge in [0.2, 0.25) is 0 Å². The summed E-state index contributed by atoms with van der Waals surface area (Å²) in [5.74, 6) is -0.286. The number of ether oxygens (including phenoxy) is 1. The van der Waals surface area contributed by atoms with Crippen molar-refractivity contribution in [3.8, 4) is 5.69 Å². The molecule has 0 unspecified atom stereocenters. The Morgan fingerprint density at radius 2 is 1.68 bits per heavy atom. The molecule has 0 saturated carbocycles. The number of methoxy groups -OCH3 is 1. The highest BCUT2D eigenvalue weighted by Crippen LogP contribution is 2.26. The molecule has 1 aromatic heterocycles. The van der Waals surface area contributed by atoms with Gasteiger partial charge in [0.25, 0.3) is 0 Å². The van der Waals surface area contributed by atoms with Gasteiger partial charge in [0.1, 0.15) is 0 Å². The van der Waals surface area contributed by atoms with Crippen molar-refractivity contribution in [3.63, 3.8) is 0 Å². The molecule has 0 N–H and O–H groups in total. The Balaban J connectivity index is 2.70. The van der Waals surface area contributed by atoms with E-state index in [0.29, 0.717) is 5.56 Å². The van der Waals surface area contributed by atoms with E-state index in [2.05, 4.69) is 30.5 Å². The fourth-order valence-corrected chi connectivity index (χ4v) is 2.58. The van der Waals surface area contributed by atoms with Gasteiger partial charge in [0, 0.05) is 11.4 Å². The minimum atomic E-state index is -0.286. The number of benzene rings is 1. The van der Waals surface area contributed by atoms with Gasteiger partial charge in [-0.2, -0.15) is 0 Å². The number of nitrogens with zero attached hydrogens (tertiary/aromatic N) is 1. The minimum Gasteiger partial charge on any atom is -0.465 e. The fraction of sp³-hybridized carbons (Fsp3) is 0.312. The molecule has 3 nitrogen and oxygen atoms in total. The van der Waals surface area contributed by atoms with Crippen molar-refractivity contribution >= 4 is 5.97 Å². The van der Waals surface area contributed by atoms with E-state index in [0.717, 1.165) is 17.1 Å². The van der Waals surface area contributed by atoms with Gasteiger partial charge in [0.05, 0.1) is 18.4 Å². The molecular formula is C16H19NO2. The summed E-state index contributed by atoms with van der Waals surface area (Å²) in [6.45, 7) is 8.12. The van der Waals surface area contributed by atoms with Crippen LogP contribution in [-0.4, -0.2) is 17.6 Å². The summed E-state index contributed by atoms with van der Waals surface area (Å²) in [4.78, 5) is 11.8. The van der Waals surface area contributed by atoms with E-state index >= 15 is 0 Å². The number of esters is 1. The summed E-state index contributed by atoms with van der Waals surface area (Å²) in [7, 11) is 1.41. The Labute approximate surface area is 113 Å². The molecule has 0 aliphatic heterocycles. The summed E-state index contributed by atoms with van der Waals surface area (Å²) >= 11 is 0. The van der Waals surface area contributed by atoms with E-state index in [1.165, 1.54) is 18.2 Å². The molecule has 1 heterocycles. The lowest BCUT2D eigenvalue weighted by Gasteiger charge is -2.15. The first kappa shape index (κ1) is 13.4. The van der Waals surface area contributed by atoms with E-state index in [1.807, 2.05) is 26.0 Å². The third-order valence-corrected chi connectivity index (χ3v) is 3.50. The lowest BCUT2D eigenvalue weighted by molar-refractivity contribution is 0.0600. The van der Waals surface area contributed by atoms with Crippen molar-refractivity contribution < 1.29 is 9.53 Å². The van der Waals surface area contributed by atoms with Gasteiger partial charge in [-0.1, -0.05) is 18.2 Å². The van der Waals surface area contributed by atoms with Gasteiger partial charge in [-0.05, 0) is 44.9 Å². The van der Waals surface area contributed by atoms with Crippen LogP contribution in [0.1, 0.15) is 32.9 Å². The van der Waals surface area contributed by atoms with Gasteiger partial charge in [-0.25, -0.2) is 4.79 Å². The van der Waals surface area contributed by atoms with Crippen molar-refractivity contribution in [2.24, 2.45) is 0 Å². The van der Waals surface area contributed by atoms with Gasteiger partial charge >= 0.3 is 5.97 Å². The number of aryl methyl sites for hydroxylation is 3. The van der Waals surface area contributed by atoms with Crippen LogP contribution in [0, 0.1) is 27.7 Å². The van der Waals surface area contributed by atoms with Gasteiger partial charge in [0.15, 0.2) is 0 Å². The first-order valence-corrected chi connectivity index (χ1v) is 6.31. The monoisotopic (exact) mass is 257 g/mol. The quantitative estimate of drug-likeness (QED) is 0.771. The zero-order valence-electron chi connectivity index (χ0n) is 12.1. The van der Waals surface area contributed by atoms with E-state index in [-0.39, 0.29) is 5.97 Å². The Bertz CT molecular complexity index is 618. The fourth-order valence-electron chi connectivity index (χ4n) is 2.58. The molecule has 0 atom stereocenters. The zero-order valence-corrected chi connectivity index (χ0v) is 12.1. The summed E-state index contributed by atoms with van der Waals surface area (Å²) in [6.07, 6.45) is 0. The number of hydrogen-bond acceptors (Lipinski definition) is 2. The number of hydrogen-bond donors (Lipinski definition) is 0. The summed E-state index contributed by atoms with van der Waals surface area (Å²) in [5.41, 5.74) is 6.11.